The number of amides is 1. The molecule has 46 heavy (non-hydrogen) atoms. The lowest BCUT2D eigenvalue weighted by molar-refractivity contribution is -0.131. The van der Waals surface area contributed by atoms with Crippen LogP contribution in [0.25, 0.3) is 33.0 Å². The van der Waals surface area contributed by atoms with Crippen LogP contribution < -0.4 is 15.4 Å². The van der Waals surface area contributed by atoms with Crippen molar-refractivity contribution in [3.8, 4) is 23.2 Å². The van der Waals surface area contributed by atoms with Gasteiger partial charge < -0.3 is 24.7 Å². The molecular weight excluding hydrogens is 639 g/mol. The molecule has 10 nitrogen and oxygen atoms in total. The number of hydrogen-bond acceptors (Lipinski definition) is 9. The second-order valence-corrected chi connectivity index (χ2v) is 12.2. The number of nitrogen functional groups attached to an aromatic ring is 1. The number of nitriles is 1. The number of benzene rings is 2. The van der Waals surface area contributed by atoms with Crippen molar-refractivity contribution in [2.45, 2.75) is 31.3 Å². The molecule has 0 unspecified atom stereocenters. The predicted molar refractivity (Wildman–Crippen MR) is 173 cm³/mol. The highest BCUT2D eigenvalue weighted by Crippen LogP contribution is 2.44. The zero-order chi connectivity index (χ0) is 32.5. The van der Waals surface area contributed by atoms with Gasteiger partial charge in [-0.25, -0.2) is 8.78 Å². The minimum Gasteiger partial charge on any atom is -0.463 e. The Morgan fingerprint density at radius 3 is 2.78 bits per heavy atom. The Bertz CT molecular complexity index is 1860. The van der Waals surface area contributed by atoms with E-state index < -0.39 is 24.5 Å². The topological polar surface area (TPSA) is 125 Å². The van der Waals surface area contributed by atoms with Crippen molar-refractivity contribution in [2.75, 3.05) is 56.6 Å². The number of nitrogens with zero attached hydrogens (tertiary/aromatic N) is 6. The number of piperazine rings is 1. The smallest absolute Gasteiger partial charge is 0.319 e. The van der Waals surface area contributed by atoms with Crippen molar-refractivity contribution in [3.63, 3.8) is 0 Å². The van der Waals surface area contributed by atoms with E-state index >= 15 is 0 Å². The number of carbonyl (C=O) groups excluding carboxylic acids is 1. The molecule has 6 rings (SSSR count). The van der Waals surface area contributed by atoms with E-state index in [1.165, 1.54) is 4.90 Å². The second-order valence-electron chi connectivity index (χ2n) is 11.4. The van der Waals surface area contributed by atoms with Crippen molar-refractivity contribution in [2.24, 2.45) is 0 Å². The molecule has 0 saturated carbocycles. The normalized spacial score (nSPS) is 18.8. The first-order valence-electron chi connectivity index (χ1n) is 14.9. The van der Waals surface area contributed by atoms with Crippen LogP contribution in [-0.2, 0) is 4.79 Å². The van der Waals surface area contributed by atoms with Gasteiger partial charge in [-0.15, -0.1) is 0 Å². The molecule has 4 aromatic rings. The Labute approximate surface area is 273 Å². The third kappa shape index (κ3) is 6.02. The fraction of sp³-hybridized carbons (Fsp3) is 0.375. The van der Waals surface area contributed by atoms with Crippen LogP contribution in [0.5, 0.6) is 6.01 Å². The number of nitrogens with two attached hydrogens (primary N) is 1. The molecule has 0 radical (unpaired) electrons. The minimum absolute atomic E-state index is 0.0122. The molecule has 2 saturated heterocycles. The maximum absolute atomic E-state index is 13.9. The van der Waals surface area contributed by atoms with Crippen LogP contribution in [0, 0.1) is 11.3 Å². The van der Waals surface area contributed by atoms with Crippen molar-refractivity contribution in [1.82, 2.24) is 19.8 Å². The molecule has 14 heteroatoms. The molecule has 240 valence electrons. The number of rotatable bonds is 9. The van der Waals surface area contributed by atoms with Crippen LogP contribution in [0.3, 0.4) is 0 Å². The summed E-state index contributed by atoms with van der Waals surface area (Å²) < 4.78 is 39.3. The predicted octanol–water partition coefficient (Wildman–Crippen LogP) is 6.16. The largest absolute Gasteiger partial charge is 0.463 e. The van der Waals surface area contributed by atoms with Gasteiger partial charge in [0.2, 0.25) is 0 Å². The third-order valence-electron chi connectivity index (χ3n) is 8.58. The van der Waals surface area contributed by atoms with E-state index in [1.807, 2.05) is 11.0 Å². The summed E-state index contributed by atoms with van der Waals surface area (Å²) >= 11 is 13.1. The molecule has 2 aliphatic rings. The molecule has 2 N–H and O–H groups in total. The molecule has 0 bridgehead atoms. The number of hydrogen-bond donors (Lipinski definition) is 1. The quantitative estimate of drug-likeness (QED) is 0.165. The molecule has 0 spiro atoms. The summed E-state index contributed by atoms with van der Waals surface area (Å²) in [5.74, 6) is -1.47. The van der Waals surface area contributed by atoms with Gasteiger partial charge in [0.1, 0.15) is 24.7 Å². The van der Waals surface area contributed by atoms with Crippen LogP contribution in [0.15, 0.2) is 47.4 Å². The minimum atomic E-state index is -1.08. The van der Waals surface area contributed by atoms with Crippen LogP contribution in [-0.4, -0.2) is 83.8 Å². The SMILES string of the molecule is C=C(F)C(=O)N1CCN(c2nc(OC[C@@H]3CCCN3CCF)nc3cc(-c4cc(N)cc(Cl)c4Cl)c4ccoc4c23)C[C@@H]1CC#N. The summed E-state index contributed by atoms with van der Waals surface area (Å²) in [5.41, 5.74) is 8.78. The molecule has 2 aromatic heterocycles. The van der Waals surface area contributed by atoms with Crippen molar-refractivity contribution >= 4 is 62.5 Å². The molecule has 0 aliphatic carbocycles. The maximum Gasteiger partial charge on any atom is 0.319 e. The molecule has 2 fully saturated rings. The number of alkyl halides is 1. The molecule has 2 aromatic carbocycles. The molecule has 2 atom stereocenters. The van der Waals surface area contributed by atoms with Crippen molar-refractivity contribution < 1.29 is 22.7 Å². The fourth-order valence-corrected chi connectivity index (χ4v) is 6.87. The van der Waals surface area contributed by atoms with E-state index in [0.717, 1.165) is 19.4 Å². The Kier molecular flexibility index (Phi) is 9.18. The highest BCUT2D eigenvalue weighted by Gasteiger charge is 2.34. The lowest BCUT2D eigenvalue weighted by Crippen LogP contribution is -2.55. The van der Waals surface area contributed by atoms with E-state index in [-0.39, 0.29) is 44.7 Å². The van der Waals surface area contributed by atoms with E-state index in [1.54, 1.807) is 24.5 Å². The van der Waals surface area contributed by atoms with Gasteiger partial charge in [-0.1, -0.05) is 29.8 Å². The number of halogens is 4. The van der Waals surface area contributed by atoms with Gasteiger partial charge in [-0.3, -0.25) is 9.69 Å². The van der Waals surface area contributed by atoms with E-state index in [0.29, 0.717) is 61.1 Å². The van der Waals surface area contributed by atoms with E-state index in [2.05, 4.69) is 17.5 Å². The van der Waals surface area contributed by atoms with E-state index in [9.17, 15) is 18.8 Å². The van der Waals surface area contributed by atoms with E-state index in [4.69, 9.17) is 48.1 Å². The Hall–Kier alpha value is -4.18. The Balaban J connectivity index is 1.48. The van der Waals surface area contributed by atoms with Crippen molar-refractivity contribution in [3.05, 3.63) is 53.0 Å². The molecule has 1 amide bonds. The number of anilines is 2. The highest BCUT2D eigenvalue weighted by atomic mass is 35.5. The highest BCUT2D eigenvalue weighted by molar-refractivity contribution is 6.44. The molecule has 4 heterocycles. The molecule has 2 aliphatic heterocycles. The Morgan fingerprint density at radius 2 is 2.02 bits per heavy atom. The van der Waals surface area contributed by atoms with Crippen LogP contribution >= 0.6 is 23.2 Å². The lowest BCUT2D eigenvalue weighted by atomic mass is 9.98. The fourth-order valence-electron chi connectivity index (χ4n) is 6.43. The number of aromatic nitrogens is 2. The maximum atomic E-state index is 13.9. The third-order valence-corrected chi connectivity index (χ3v) is 9.38. The Morgan fingerprint density at radius 1 is 1.20 bits per heavy atom. The number of carbonyl (C=O) groups is 1. The average molecular weight is 671 g/mol. The van der Waals surface area contributed by atoms with Gasteiger partial charge >= 0.3 is 6.01 Å². The first-order chi connectivity index (χ1) is 22.2. The van der Waals surface area contributed by atoms with Gasteiger partial charge in [-0.05, 0) is 49.2 Å². The van der Waals surface area contributed by atoms with Crippen LogP contribution in [0.4, 0.5) is 20.3 Å². The van der Waals surface area contributed by atoms with Gasteiger partial charge in [0, 0.05) is 48.9 Å². The average Bonchev–Trinajstić information content (AvgIpc) is 3.71. The summed E-state index contributed by atoms with van der Waals surface area (Å²) in [6.07, 6.45) is 3.32. The van der Waals surface area contributed by atoms with Crippen LogP contribution in [0.2, 0.25) is 10.0 Å². The first-order valence-corrected chi connectivity index (χ1v) is 15.6. The van der Waals surface area contributed by atoms with Gasteiger partial charge in [0.05, 0.1) is 45.7 Å². The van der Waals surface area contributed by atoms with Crippen molar-refractivity contribution in [1.29, 1.82) is 5.26 Å². The summed E-state index contributed by atoms with van der Waals surface area (Å²) in [5, 5.41) is 11.4. The van der Waals surface area contributed by atoms with Gasteiger partial charge in [0.15, 0.2) is 5.83 Å². The first kappa shape index (κ1) is 31.8. The monoisotopic (exact) mass is 669 g/mol. The van der Waals surface area contributed by atoms with Gasteiger partial charge in [-0.2, -0.15) is 15.2 Å². The number of likely N-dealkylation sites (tertiary alicyclic amines) is 1. The zero-order valence-corrected chi connectivity index (χ0v) is 26.3. The summed E-state index contributed by atoms with van der Waals surface area (Å²) in [6.45, 7) is 4.68. The summed E-state index contributed by atoms with van der Waals surface area (Å²) in [6, 6.07) is 8.52. The summed E-state index contributed by atoms with van der Waals surface area (Å²) in [7, 11) is 0. The van der Waals surface area contributed by atoms with Crippen LogP contribution in [0.1, 0.15) is 19.3 Å². The lowest BCUT2D eigenvalue weighted by Gasteiger charge is -2.41. The van der Waals surface area contributed by atoms with Gasteiger partial charge in [0.25, 0.3) is 5.91 Å². The summed E-state index contributed by atoms with van der Waals surface area (Å²) in [4.78, 5) is 27.5. The number of ether oxygens (including phenoxy) is 1. The number of furan rings is 1. The molecular formula is C32H31Cl2F2N7O3. The zero-order valence-electron chi connectivity index (χ0n) is 24.8. The second kappa shape index (κ2) is 13.3. The number of fused-ring (bicyclic) bond motifs is 3. The standard InChI is InChI=1S/C32H31Cl2F2N7O3/c1-18(36)31(44)43-11-10-42(16-20(43)4-7-37)30-27-26(39-32(40-30)46-17-21-3-2-8-41(21)9-6-35)15-23(22-5-12-45-29(22)27)24-13-19(38)14-25(33)28(24)34/h5,12-15,20-21H,1-4,6,8-11,16-17,38H2/t20-,21-/m0/s1.